The number of amides is 4. The first kappa shape index (κ1) is 21.9. The molecule has 32 heavy (non-hydrogen) atoms. The van der Waals surface area contributed by atoms with Gasteiger partial charge in [0.25, 0.3) is 17.5 Å². The Balaban J connectivity index is 2.09. The highest BCUT2D eigenvalue weighted by molar-refractivity contribution is 6.39. The zero-order valence-corrected chi connectivity index (χ0v) is 16.3. The predicted octanol–water partition coefficient (Wildman–Crippen LogP) is 2.27. The predicted molar refractivity (Wildman–Crippen MR) is 108 cm³/mol. The maximum absolute atomic E-state index is 12.9. The van der Waals surface area contributed by atoms with Gasteiger partial charge in [0.1, 0.15) is 5.57 Å². The summed E-state index contributed by atoms with van der Waals surface area (Å²) in [6.07, 6.45) is 0.976. The van der Waals surface area contributed by atoms with Crippen LogP contribution in [0.5, 0.6) is 11.5 Å². The van der Waals surface area contributed by atoms with E-state index in [0.29, 0.717) is 4.90 Å². The van der Waals surface area contributed by atoms with Crippen molar-refractivity contribution in [2.45, 2.75) is 6.92 Å². The quantitative estimate of drug-likeness (QED) is 0.293. The average molecular weight is 442 g/mol. The number of carbonyl (C=O) groups is 3. The Morgan fingerprint density at radius 3 is 2.47 bits per heavy atom. The molecule has 0 spiro atoms. The number of nitro groups is 2. The van der Waals surface area contributed by atoms with Crippen molar-refractivity contribution in [1.29, 1.82) is 0 Å². The number of aromatic hydroxyl groups is 1. The first-order chi connectivity index (χ1) is 15.1. The van der Waals surface area contributed by atoms with Crippen LogP contribution in [0.4, 0.5) is 21.9 Å². The van der Waals surface area contributed by atoms with Crippen LogP contribution in [0.3, 0.4) is 0 Å². The number of benzene rings is 2. The summed E-state index contributed by atoms with van der Waals surface area (Å²) in [4.78, 5) is 58.6. The maximum atomic E-state index is 12.9. The first-order valence-electron chi connectivity index (χ1n) is 8.94. The van der Waals surface area contributed by atoms with Gasteiger partial charge in [-0.1, -0.05) is 6.07 Å². The minimum Gasteiger partial charge on any atom is -0.500 e. The summed E-state index contributed by atoms with van der Waals surface area (Å²) in [6.45, 7) is 1.65. The third-order valence-corrected chi connectivity index (χ3v) is 4.29. The number of imide groups is 2. The van der Waals surface area contributed by atoms with E-state index in [4.69, 9.17) is 4.74 Å². The lowest BCUT2D eigenvalue weighted by Gasteiger charge is -2.26. The second-order valence-electron chi connectivity index (χ2n) is 6.31. The van der Waals surface area contributed by atoms with Gasteiger partial charge in [-0.25, -0.2) is 9.69 Å². The minimum atomic E-state index is -1.12. The number of hydrogen-bond donors (Lipinski definition) is 2. The van der Waals surface area contributed by atoms with E-state index in [2.05, 4.69) is 0 Å². The molecule has 164 valence electrons. The number of phenolic OH excluding ortho intramolecular Hbond substituents is 1. The van der Waals surface area contributed by atoms with Crippen LogP contribution in [0.2, 0.25) is 0 Å². The first-order valence-corrected chi connectivity index (χ1v) is 8.94. The van der Waals surface area contributed by atoms with E-state index in [0.717, 1.165) is 24.3 Å². The SMILES string of the molecule is CCOc1cc(/C=C2\C(=O)NC(=O)N(c3cccc([N+](=O)[O-])c3)C2=O)cc([N+](=O)[O-])c1O. The highest BCUT2D eigenvalue weighted by Gasteiger charge is 2.37. The van der Waals surface area contributed by atoms with E-state index in [-0.39, 0.29) is 29.3 Å². The molecule has 1 aliphatic rings. The van der Waals surface area contributed by atoms with Crippen LogP contribution < -0.4 is 15.0 Å². The van der Waals surface area contributed by atoms with Gasteiger partial charge in [0, 0.05) is 18.2 Å². The van der Waals surface area contributed by atoms with Gasteiger partial charge in [0.15, 0.2) is 5.75 Å². The number of nitrogens with one attached hydrogen (secondary N) is 1. The molecule has 0 aliphatic carbocycles. The number of carbonyl (C=O) groups excluding carboxylic acids is 3. The number of barbiturate groups is 1. The lowest BCUT2D eigenvalue weighted by atomic mass is 10.1. The van der Waals surface area contributed by atoms with Crippen LogP contribution in [-0.4, -0.2) is 39.4 Å². The highest BCUT2D eigenvalue weighted by atomic mass is 16.6. The van der Waals surface area contributed by atoms with Gasteiger partial charge in [-0.05, 0) is 30.7 Å². The largest absolute Gasteiger partial charge is 0.500 e. The smallest absolute Gasteiger partial charge is 0.335 e. The van der Waals surface area contributed by atoms with Crippen LogP contribution in [0.25, 0.3) is 6.08 Å². The number of nitro benzene ring substituents is 2. The van der Waals surface area contributed by atoms with E-state index in [9.17, 15) is 39.7 Å². The summed E-state index contributed by atoms with van der Waals surface area (Å²) in [6, 6.07) is 5.62. The fourth-order valence-electron chi connectivity index (χ4n) is 2.91. The minimum absolute atomic E-state index is 0.0372. The summed E-state index contributed by atoms with van der Waals surface area (Å²) in [5, 5.41) is 34.2. The lowest BCUT2D eigenvalue weighted by molar-refractivity contribution is -0.386. The molecule has 0 saturated carbocycles. The van der Waals surface area contributed by atoms with E-state index in [1.807, 2.05) is 5.32 Å². The molecule has 2 N–H and O–H groups in total. The molecule has 2 aromatic rings. The molecule has 4 amide bonds. The van der Waals surface area contributed by atoms with Gasteiger partial charge in [-0.15, -0.1) is 0 Å². The zero-order valence-electron chi connectivity index (χ0n) is 16.3. The standard InChI is InChI=1S/C19H14N4O9/c1-2-32-15-8-10(7-14(16(15)24)23(30)31)6-13-17(25)20-19(27)21(18(13)26)11-4-3-5-12(9-11)22(28)29/h3-9,24H,2H2,1H3,(H,20,25,27)/b13-6+. The van der Waals surface area contributed by atoms with Crippen LogP contribution in [0.15, 0.2) is 42.0 Å². The van der Waals surface area contributed by atoms with Crippen molar-refractivity contribution in [3.63, 3.8) is 0 Å². The summed E-state index contributed by atoms with van der Waals surface area (Å²) >= 11 is 0. The molecular formula is C19H14N4O9. The summed E-state index contributed by atoms with van der Waals surface area (Å²) < 4.78 is 5.16. The molecule has 0 unspecified atom stereocenters. The molecule has 1 heterocycles. The molecule has 13 nitrogen and oxygen atoms in total. The molecule has 0 radical (unpaired) electrons. The fourth-order valence-corrected chi connectivity index (χ4v) is 2.91. The maximum Gasteiger partial charge on any atom is 0.335 e. The Morgan fingerprint density at radius 1 is 1.12 bits per heavy atom. The molecule has 0 bridgehead atoms. The normalized spacial score (nSPS) is 15.0. The summed E-state index contributed by atoms with van der Waals surface area (Å²) in [5.74, 6) is -3.15. The van der Waals surface area contributed by atoms with Crippen molar-refractivity contribution in [2.75, 3.05) is 11.5 Å². The topological polar surface area (TPSA) is 182 Å². The number of hydrogen-bond acceptors (Lipinski definition) is 9. The Hall–Kier alpha value is -4.81. The molecule has 3 rings (SSSR count). The number of phenols is 1. The van der Waals surface area contributed by atoms with E-state index in [1.165, 1.54) is 18.2 Å². The van der Waals surface area contributed by atoms with E-state index >= 15 is 0 Å². The van der Waals surface area contributed by atoms with Gasteiger partial charge in [-0.2, -0.15) is 0 Å². The van der Waals surface area contributed by atoms with E-state index in [1.54, 1.807) is 6.92 Å². The van der Waals surface area contributed by atoms with E-state index < -0.39 is 44.7 Å². The van der Waals surface area contributed by atoms with Crippen molar-refractivity contribution >= 4 is 41.0 Å². The number of ether oxygens (including phenoxy) is 1. The van der Waals surface area contributed by atoms with Gasteiger partial charge in [0.2, 0.25) is 5.75 Å². The van der Waals surface area contributed by atoms with Gasteiger partial charge in [-0.3, -0.25) is 35.1 Å². The third-order valence-electron chi connectivity index (χ3n) is 4.29. The van der Waals surface area contributed by atoms with Crippen molar-refractivity contribution < 1.29 is 34.1 Å². The van der Waals surface area contributed by atoms with Crippen molar-refractivity contribution in [1.82, 2.24) is 5.32 Å². The highest BCUT2D eigenvalue weighted by Crippen LogP contribution is 2.38. The molecule has 0 atom stereocenters. The Labute approximate surface area is 178 Å². The second-order valence-corrected chi connectivity index (χ2v) is 6.31. The third kappa shape index (κ3) is 4.07. The number of anilines is 1. The van der Waals surface area contributed by atoms with Gasteiger partial charge < -0.3 is 9.84 Å². The Kier molecular flexibility index (Phi) is 5.82. The number of non-ortho nitro benzene ring substituents is 1. The van der Waals surface area contributed by atoms with Crippen LogP contribution in [0.1, 0.15) is 12.5 Å². The molecule has 13 heteroatoms. The number of nitrogens with zero attached hydrogens (tertiary/aromatic N) is 3. The molecule has 2 aromatic carbocycles. The average Bonchev–Trinajstić information content (AvgIpc) is 2.73. The monoisotopic (exact) mass is 442 g/mol. The zero-order chi connectivity index (χ0) is 23.6. The van der Waals surface area contributed by atoms with Gasteiger partial charge >= 0.3 is 11.7 Å². The Morgan fingerprint density at radius 2 is 1.84 bits per heavy atom. The van der Waals surface area contributed by atoms with Gasteiger partial charge in [0.05, 0.1) is 22.1 Å². The molecule has 1 saturated heterocycles. The molecule has 0 aromatic heterocycles. The van der Waals surface area contributed by atoms with Crippen molar-refractivity contribution in [3.8, 4) is 11.5 Å². The van der Waals surface area contributed by atoms with Crippen LogP contribution >= 0.6 is 0 Å². The fraction of sp³-hybridized carbons (Fsp3) is 0.105. The Bertz CT molecular complexity index is 1210. The number of rotatable bonds is 6. The van der Waals surface area contributed by atoms with Crippen LogP contribution in [-0.2, 0) is 9.59 Å². The van der Waals surface area contributed by atoms with Crippen LogP contribution in [0, 0.1) is 20.2 Å². The second kappa shape index (κ2) is 8.51. The molecule has 1 fully saturated rings. The van der Waals surface area contributed by atoms with Crippen molar-refractivity contribution in [3.05, 3.63) is 67.8 Å². The summed E-state index contributed by atoms with van der Waals surface area (Å²) in [5.41, 5.74) is -1.88. The molecule has 1 aliphatic heterocycles. The number of urea groups is 1. The summed E-state index contributed by atoms with van der Waals surface area (Å²) in [7, 11) is 0. The van der Waals surface area contributed by atoms with Crippen molar-refractivity contribution in [2.24, 2.45) is 0 Å². The molecular weight excluding hydrogens is 428 g/mol. The lowest BCUT2D eigenvalue weighted by Crippen LogP contribution is -2.54.